The van der Waals surface area contributed by atoms with Crippen LogP contribution in [-0.2, 0) is 0 Å². The zero-order chi connectivity index (χ0) is 43.9. The third-order valence-electron chi connectivity index (χ3n) is 8.55. The second-order valence-corrected chi connectivity index (χ2v) is 14.0. The van der Waals surface area contributed by atoms with Crippen molar-refractivity contribution in [1.29, 1.82) is 0 Å². The zero-order valence-corrected chi connectivity index (χ0v) is 37.3. The Labute approximate surface area is 362 Å². The zero-order valence-electron chi connectivity index (χ0n) is 36.2. The van der Waals surface area contributed by atoms with Crippen molar-refractivity contribution < 1.29 is 44.1 Å². The first-order valence-electron chi connectivity index (χ1n) is 20.5. The molecule has 4 N–H and O–H groups in total. The van der Waals surface area contributed by atoms with Crippen molar-refractivity contribution in [3.8, 4) is 0 Å². The summed E-state index contributed by atoms with van der Waals surface area (Å²) in [5.41, 5.74) is 0.991. The van der Waals surface area contributed by atoms with Gasteiger partial charge in [-0.25, -0.2) is 4.79 Å². The molecule has 10 nitrogen and oxygen atoms in total. The van der Waals surface area contributed by atoms with Crippen LogP contribution in [0.4, 0.5) is 0 Å². The Bertz CT molecular complexity index is 1340. The van der Waals surface area contributed by atoms with Gasteiger partial charge in [-0.15, -0.1) is 0 Å². The van der Waals surface area contributed by atoms with Crippen LogP contribution in [-0.4, -0.2) is 75.9 Å². The Morgan fingerprint density at radius 1 is 0.441 bits per heavy atom. The Kier molecular flexibility index (Phi) is 39.7. The summed E-state index contributed by atoms with van der Waals surface area (Å²) in [6, 6.07) is 32.5. The molecular formula is C48H69AlN2O8. The molecule has 11 heteroatoms. The molecule has 0 aliphatic rings. The maximum absolute atomic E-state index is 10.2. The smallest absolute Gasteiger partial charge is 0.335 e. The summed E-state index contributed by atoms with van der Waals surface area (Å²) in [6.45, 7) is 17.2. The monoisotopic (exact) mass is 828 g/mol. The van der Waals surface area contributed by atoms with Crippen LogP contribution in [0.2, 0.25) is 5.28 Å². The fourth-order valence-corrected chi connectivity index (χ4v) is 5.56. The van der Waals surface area contributed by atoms with Crippen LogP contribution in [0, 0.1) is 0 Å². The number of unbranched alkanes of at least 4 members (excludes halogenated alkanes) is 5. The molecule has 59 heavy (non-hydrogen) atoms. The number of nitrogens with zero attached hydrogens (tertiary/aromatic N) is 1. The quantitative estimate of drug-likeness (QED) is 0.0737. The molecule has 0 saturated heterocycles. The maximum atomic E-state index is 10.2. The van der Waals surface area contributed by atoms with Gasteiger partial charge in [0.2, 0.25) is 0 Å². The van der Waals surface area contributed by atoms with Gasteiger partial charge in [0.25, 0.3) is 0 Å². The number of hydrogen-bond donors (Lipinski definition) is 2. The fourth-order valence-electron chi connectivity index (χ4n) is 5.15. The summed E-state index contributed by atoms with van der Waals surface area (Å²) in [5, 5.41) is 39.9. The van der Waals surface area contributed by atoms with Crippen LogP contribution in [0.1, 0.15) is 140 Å². The summed E-state index contributed by atoms with van der Waals surface area (Å²) in [5.74, 6) is -4.27. The van der Waals surface area contributed by atoms with E-state index in [-0.39, 0.29) is 22.8 Å². The van der Waals surface area contributed by atoms with Gasteiger partial charge in [-0.05, 0) is 54.5 Å². The second-order valence-electron chi connectivity index (χ2n) is 13.4. The van der Waals surface area contributed by atoms with E-state index in [1.807, 2.05) is 0 Å². The van der Waals surface area contributed by atoms with Crippen LogP contribution < -0.4 is 21.5 Å². The van der Waals surface area contributed by atoms with E-state index in [2.05, 4.69) is 50.9 Å². The molecule has 0 aliphatic heterocycles. The first-order valence-corrected chi connectivity index (χ1v) is 21.3. The molecule has 0 bridgehead atoms. The van der Waals surface area contributed by atoms with E-state index in [0.29, 0.717) is 5.56 Å². The van der Waals surface area contributed by atoms with Crippen molar-refractivity contribution in [3.63, 3.8) is 0 Å². The van der Waals surface area contributed by atoms with Crippen LogP contribution >= 0.6 is 0 Å². The first kappa shape index (κ1) is 58.5. The normalized spacial score (nSPS) is 9.61. The van der Waals surface area contributed by atoms with Gasteiger partial charge in [0.15, 0.2) is 0 Å². The molecular weight excluding hydrogens is 760 g/mol. The van der Waals surface area contributed by atoms with Crippen molar-refractivity contribution in [2.75, 3.05) is 26.2 Å². The first-order chi connectivity index (χ1) is 27.9. The van der Waals surface area contributed by atoms with Gasteiger partial charge >= 0.3 is 47.3 Å². The van der Waals surface area contributed by atoms with E-state index in [0.717, 1.165) is 0 Å². The van der Waals surface area contributed by atoms with Crippen molar-refractivity contribution in [2.24, 2.45) is 0 Å². The van der Waals surface area contributed by atoms with Gasteiger partial charge in [-0.1, -0.05) is 163 Å². The average Bonchev–Trinajstić information content (AvgIpc) is 3.26. The number of carboxylic acids is 4. The second kappa shape index (κ2) is 40.0. The van der Waals surface area contributed by atoms with Gasteiger partial charge in [0.1, 0.15) is 0 Å². The number of carbonyl (C=O) groups excluding carboxylic acids is 3. The third-order valence-corrected chi connectivity index (χ3v) is 8.96. The van der Waals surface area contributed by atoms with Gasteiger partial charge in [0, 0.05) is 0 Å². The number of carboxylic acid groups (broad SMARTS) is 4. The summed E-state index contributed by atoms with van der Waals surface area (Å²) < 4.78 is 1.42. The molecule has 0 saturated carbocycles. The molecule has 4 aromatic carbocycles. The summed E-state index contributed by atoms with van der Waals surface area (Å²) in [7, 11) is 0. The maximum Gasteiger partial charge on any atom is 0.335 e. The van der Waals surface area contributed by atoms with E-state index < -0.39 is 23.9 Å². The van der Waals surface area contributed by atoms with Crippen molar-refractivity contribution in [1.82, 2.24) is 6.15 Å². The van der Waals surface area contributed by atoms with Crippen molar-refractivity contribution in [2.45, 2.75) is 104 Å². The van der Waals surface area contributed by atoms with Crippen LogP contribution in [0.3, 0.4) is 0 Å². The molecule has 0 aliphatic carbocycles. The van der Waals surface area contributed by atoms with Crippen LogP contribution in [0.5, 0.6) is 0 Å². The minimum absolute atomic E-state index is 0. The van der Waals surface area contributed by atoms with Crippen LogP contribution in [0.15, 0.2) is 121 Å². The van der Waals surface area contributed by atoms with Crippen molar-refractivity contribution in [3.05, 3.63) is 144 Å². The number of quaternary nitrogens is 1. The molecule has 322 valence electrons. The third kappa shape index (κ3) is 32.8. The van der Waals surface area contributed by atoms with Gasteiger partial charge < -0.3 is 45.4 Å². The molecule has 4 aromatic rings. The summed E-state index contributed by atoms with van der Waals surface area (Å²) in [4.78, 5) is 40.5. The Morgan fingerprint density at radius 2 is 0.661 bits per heavy atom. The minimum atomic E-state index is -1.13. The number of rotatable bonds is 18. The number of carbonyl (C=O) groups is 4. The molecule has 0 atom stereocenters. The Balaban J connectivity index is -0.000000658. The van der Waals surface area contributed by atoms with E-state index in [1.165, 1.54) is 137 Å². The number of benzene rings is 4. The molecule has 0 spiro atoms. The van der Waals surface area contributed by atoms with E-state index >= 15 is 0 Å². The molecule has 0 heterocycles. The largest absolute Gasteiger partial charge is 0.545 e. The van der Waals surface area contributed by atoms with Crippen molar-refractivity contribution >= 4 is 40.2 Å². The topological polar surface area (TPSA) is 193 Å². The molecule has 0 amide bonds. The molecule has 0 radical (unpaired) electrons. The predicted octanol–water partition coefficient (Wildman–Crippen LogP) is 8.07. The van der Waals surface area contributed by atoms with Gasteiger partial charge in [-0.3, -0.25) is 0 Å². The summed E-state index contributed by atoms with van der Waals surface area (Å²) >= 11 is 2.70. The Hall–Kier alpha value is -4.79. The summed E-state index contributed by atoms with van der Waals surface area (Å²) in [6.07, 6.45) is 13.7. The number of hydrogen-bond acceptors (Lipinski definition) is 8. The number of aromatic carboxylic acids is 4. The van der Waals surface area contributed by atoms with E-state index in [9.17, 15) is 34.5 Å². The van der Waals surface area contributed by atoms with Gasteiger partial charge in [0.05, 0.1) is 49.7 Å². The molecule has 4 rings (SSSR count). The Morgan fingerprint density at radius 3 is 0.780 bits per heavy atom. The van der Waals surface area contributed by atoms with E-state index in [4.69, 9.17) is 5.11 Å². The predicted molar refractivity (Wildman–Crippen MR) is 236 cm³/mol. The molecule has 0 aromatic heterocycles. The average molecular weight is 829 g/mol. The standard InChI is InChI=1S/C16H36N.4C7H6O2.C4H9.Al.H3N/c1-5-9-13-17(14-10-6-2,15-11-7-3)16-12-8-4;4*8-7(9)6-4-2-1-3-5-6;1-3-4-2;;/h5-16H2,1-4H3;4*1-5H,(H,8,9);1,3-4H2,2H3;;1H3/q+1;;;;;;+2;/p-3. The van der Waals surface area contributed by atoms with Crippen LogP contribution in [0.25, 0.3) is 0 Å². The molecule has 0 fully saturated rings. The van der Waals surface area contributed by atoms with Gasteiger partial charge in [-0.2, -0.15) is 0 Å². The SMILES string of the molecule is CCCC[N+](CCCC)(CCCC)CCCC.CCC[CH2][Al+2].N.O=C(O)c1ccccc1.O=C([O-])c1ccccc1.O=C([O-])c1ccccc1.O=C([O-])c1ccccc1. The van der Waals surface area contributed by atoms with E-state index in [1.54, 1.807) is 84.9 Å². The minimum Gasteiger partial charge on any atom is -0.545 e. The molecule has 0 unspecified atom stereocenters. The fraction of sp³-hybridized carbons (Fsp3) is 0.417.